The highest BCUT2D eigenvalue weighted by Gasteiger charge is 2.46. The van der Waals surface area contributed by atoms with Crippen LogP contribution in [0.15, 0.2) is 11.6 Å². The lowest BCUT2D eigenvalue weighted by Crippen LogP contribution is -2.32. The molecule has 0 unspecified atom stereocenters. The van der Waals surface area contributed by atoms with Crippen molar-refractivity contribution in [2.45, 2.75) is 78.7 Å². The zero-order valence-corrected chi connectivity index (χ0v) is 13.3. The summed E-state index contributed by atoms with van der Waals surface area (Å²) in [5.74, 6) is 2.52. The number of hydrogen-bond donors (Lipinski definition) is 1. The van der Waals surface area contributed by atoms with E-state index in [9.17, 15) is 5.11 Å². The van der Waals surface area contributed by atoms with Crippen LogP contribution in [0, 0.1) is 23.2 Å². The molecule has 0 aromatic carbocycles. The highest BCUT2D eigenvalue weighted by atomic mass is 16.3. The molecule has 0 aromatic heterocycles. The summed E-state index contributed by atoms with van der Waals surface area (Å²) < 4.78 is 0. The van der Waals surface area contributed by atoms with Crippen molar-refractivity contribution < 1.29 is 5.11 Å². The summed E-state index contributed by atoms with van der Waals surface area (Å²) in [7, 11) is 0. The largest absolute Gasteiger partial charge is 0.389 e. The molecule has 19 heavy (non-hydrogen) atoms. The third-order valence-electron chi connectivity index (χ3n) is 5.76. The van der Waals surface area contributed by atoms with Gasteiger partial charge in [-0.2, -0.15) is 0 Å². The summed E-state index contributed by atoms with van der Waals surface area (Å²) in [6.07, 6.45) is 10.9. The van der Waals surface area contributed by atoms with Gasteiger partial charge in [0.05, 0.1) is 6.10 Å². The maximum Gasteiger partial charge on any atom is 0.0724 e. The molecule has 0 heterocycles. The maximum atomic E-state index is 9.82. The van der Waals surface area contributed by atoms with Gasteiger partial charge in [-0.25, -0.2) is 0 Å². The Morgan fingerprint density at radius 1 is 1.26 bits per heavy atom. The van der Waals surface area contributed by atoms with Crippen LogP contribution in [0.5, 0.6) is 0 Å². The van der Waals surface area contributed by atoms with Gasteiger partial charge >= 0.3 is 0 Å². The zero-order valence-electron chi connectivity index (χ0n) is 13.3. The normalized spacial score (nSPS) is 36.2. The van der Waals surface area contributed by atoms with E-state index < -0.39 is 0 Å². The number of rotatable bonds is 5. The third kappa shape index (κ3) is 3.24. The van der Waals surface area contributed by atoms with Gasteiger partial charge in [-0.15, -0.1) is 0 Å². The lowest BCUT2D eigenvalue weighted by Gasteiger charge is -2.40. The molecule has 2 aliphatic rings. The summed E-state index contributed by atoms with van der Waals surface area (Å²) in [4.78, 5) is 0. The first-order chi connectivity index (χ1) is 8.93. The number of hydrogen-bond acceptors (Lipinski definition) is 1. The fraction of sp³-hybridized carbons (Fsp3) is 0.889. The lowest BCUT2D eigenvalue weighted by molar-refractivity contribution is 0.121. The van der Waals surface area contributed by atoms with E-state index in [1.54, 1.807) is 5.57 Å². The first kappa shape index (κ1) is 15.1. The molecular formula is C18H32O. The van der Waals surface area contributed by atoms with Crippen LogP contribution in [0.3, 0.4) is 0 Å². The van der Waals surface area contributed by atoms with Crippen LogP contribution in [0.4, 0.5) is 0 Å². The van der Waals surface area contributed by atoms with Gasteiger partial charge < -0.3 is 5.11 Å². The van der Waals surface area contributed by atoms with Crippen molar-refractivity contribution in [1.29, 1.82) is 0 Å². The van der Waals surface area contributed by atoms with Gasteiger partial charge in [0, 0.05) is 0 Å². The summed E-state index contributed by atoms with van der Waals surface area (Å²) in [5, 5.41) is 9.82. The molecule has 0 spiro atoms. The van der Waals surface area contributed by atoms with E-state index in [1.165, 1.54) is 38.5 Å². The lowest BCUT2D eigenvalue weighted by atomic mass is 9.65. The molecule has 1 heteroatoms. The minimum absolute atomic E-state index is 0.168. The van der Waals surface area contributed by atoms with E-state index in [1.807, 2.05) is 0 Å². The van der Waals surface area contributed by atoms with E-state index in [0.29, 0.717) is 5.41 Å². The molecule has 1 nitrogen and oxygen atoms in total. The van der Waals surface area contributed by atoms with E-state index in [0.717, 1.165) is 24.2 Å². The van der Waals surface area contributed by atoms with Crippen molar-refractivity contribution in [3.05, 3.63) is 11.6 Å². The molecule has 0 aliphatic heterocycles. The highest BCUT2D eigenvalue weighted by molar-refractivity contribution is 5.25. The number of allylic oxidation sites excluding steroid dienone is 1. The Balaban J connectivity index is 1.96. The summed E-state index contributed by atoms with van der Waals surface area (Å²) >= 11 is 0. The Morgan fingerprint density at radius 2 is 2.00 bits per heavy atom. The van der Waals surface area contributed by atoms with Crippen molar-refractivity contribution in [1.82, 2.24) is 0 Å². The standard InChI is InChI=1S/C18H32O/c1-13(2)6-5-7-14(3)17-9-8-15-12-16(19)10-11-18(15,17)4/h12-14,16-17,19H,5-11H2,1-4H3/t14-,16+,17-,18+/m1/s1. The molecule has 0 radical (unpaired) electrons. The quantitative estimate of drug-likeness (QED) is 0.697. The molecule has 1 saturated carbocycles. The van der Waals surface area contributed by atoms with Gasteiger partial charge in [0.15, 0.2) is 0 Å². The second kappa shape index (κ2) is 5.99. The van der Waals surface area contributed by atoms with E-state index in [-0.39, 0.29) is 6.10 Å². The summed E-state index contributed by atoms with van der Waals surface area (Å²) in [5.41, 5.74) is 1.96. The monoisotopic (exact) mass is 264 g/mol. The van der Waals surface area contributed by atoms with Crippen LogP contribution in [0.25, 0.3) is 0 Å². The Labute approximate surface area is 119 Å². The molecule has 2 aliphatic carbocycles. The smallest absolute Gasteiger partial charge is 0.0724 e. The molecular weight excluding hydrogens is 232 g/mol. The predicted molar refractivity (Wildman–Crippen MR) is 82.0 cm³/mol. The van der Waals surface area contributed by atoms with E-state index >= 15 is 0 Å². The first-order valence-corrected chi connectivity index (χ1v) is 8.32. The molecule has 0 bridgehead atoms. The van der Waals surface area contributed by atoms with Crippen molar-refractivity contribution in [2.75, 3.05) is 0 Å². The van der Waals surface area contributed by atoms with Gasteiger partial charge in [0.25, 0.3) is 0 Å². The Bertz CT molecular complexity index is 331. The van der Waals surface area contributed by atoms with E-state index in [4.69, 9.17) is 0 Å². The summed E-state index contributed by atoms with van der Waals surface area (Å²) in [6, 6.07) is 0. The second-order valence-corrected chi connectivity index (χ2v) is 7.66. The molecule has 1 N–H and O–H groups in total. The number of aliphatic hydroxyl groups excluding tert-OH is 1. The van der Waals surface area contributed by atoms with Crippen LogP contribution in [0.1, 0.15) is 72.6 Å². The molecule has 0 amide bonds. The molecule has 2 rings (SSSR count). The number of fused-ring (bicyclic) bond motifs is 1. The van der Waals surface area contributed by atoms with Crippen LogP contribution in [-0.4, -0.2) is 11.2 Å². The topological polar surface area (TPSA) is 20.2 Å². The van der Waals surface area contributed by atoms with Gasteiger partial charge in [-0.3, -0.25) is 0 Å². The summed E-state index contributed by atoms with van der Waals surface area (Å²) in [6.45, 7) is 9.57. The zero-order chi connectivity index (χ0) is 14.0. The van der Waals surface area contributed by atoms with Gasteiger partial charge in [-0.05, 0) is 48.9 Å². The van der Waals surface area contributed by atoms with Crippen molar-refractivity contribution in [2.24, 2.45) is 23.2 Å². The van der Waals surface area contributed by atoms with Crippen LogP contribution < -0.4 is 0 Å². The predicted octanol–water partition coefficient (Wildman–Crippen LogP) is 4.95. The fourth-order valence-electron chi connectivity index (χ4n) is 4.50. The maximum absolute atomic E-state index is 9.82. The van der Waals surface area contributed by atoms with Gasteiger partial charge in [-0.1, -0.05) is 58.6 Å². The average Bonchev–Trinajstić information content (AvgIpc) is 2.66. The third-order valence-corrected chi connectivity index (χ3v) is 5.76. The fourth-order valence-corrected chi connectivity index (χ4v) is 4.50. The molecule has 0 aromatic rings. The molecule has 1 fully saturated rings. The van der Waals surface area contributed by atoms with Crippen LogP contribution in [-0.2, 0) is 0 Å². The highest BCUT2D eigenvalue weighted by Crippen LogP contribution is 2.56. The minimum atomic E-state index is -0.168. The molecule has 0 saturated heterocycles. The van der Waals surface area contributed by atoms with Gasteiger partial charge in [0.2, 0.25) is 0 Å². The number of aliphatic hydroxyl groups is 1. The SMILES string of the molecule is CC(C)CCC[C@@H](C)[C@H]1CCC2=C[C@@H](O)CC[C@@]21C. The van der Waals surface area contributed by atoms with E-state index in [2.05, 4.69) is 33.8 Å². The Hall–Kier alpha value is -0.300. The average molecular weight is 264 g/mol. The second-order valence-electron chi connectivity index (χ2n) is 7.66. The van der Waals surface area contributed by atoms with Crippen molar-refractivity contribution in [3.63, 3.8) is 0 Å². The van der Waals surface area contributed by atoms with Crippen molar-refractivity contribution in [3.8, 4) is 0 Å². The molecule has 4 atom stereocenters. The minimum Gasteiger partial charge on any atom is -0.389 e. The molecule has 110 valence electrons. The van der Waals surface area contributed by atoms with Gasteiger partial charge in [0.1, 0.15) is 0 Å². The Kier molecular flexibility index (Phi) is 4.76. The van der Waals surface area contributed by atoms with Crippen LogP contribution in [0.2, 0.25) is 0 Å². The van der Waals surface area contributed by atoms with Crippen LogP contribution >= 0.6 is 0 Å². The van der Waals surface area contributed by atoms with Crippen molar-refractivity contribution >= 4 is 0 Å². The Morgan fingerprint density at radius 3 is 2.68 bits per heavy atom. The first-order valence-electron chi connectivity index (χ1n) is 8.32.